The molecular formula is C17H30O7. The topological polar surface area (TPSA) is 116 Å². The minimum Gasteiger partial charge on any atom is -0.430 e. The van der Waals surface area contributed by atoms with Crippen LogP contribution in [-0.2, 0) is 14.3 Å². The maximum atomic E-state index is 11.7. The molecule has 5 atom stereocenters. The van der Waals surface area contributed by atoms with E-state index in [0.717, 1.165) is 19.3 Å². The van der Waals surface area contributed by atoms with Gasteiger partial charge in [0.2, 0.25) is 6.29 Å². The number of hydrogen-bond donors (Lipinski definition) is 4. The molecule has 1 aliphatic rings. The fraction of sp³-hybridized carbons (Fsp3) is 0.824. The van der Waals surface area contributed by atoms with E-state index < -0.39 is 43.3 Å². The summed E-state index contributed by atoms with van der Waals surface area (Å²) in [7, 11) is 0. The highest BCUT2D eigenvalue weighted by atomic mass is 16.7. The first kappa shape index (κ1) is 21.1. The second-order valence-electron chi connectivity index (χ2n) is 6.09. The van der Waals surface area contributed by atoms with Gasteiger partial charge in [-0.2, -0.15) is 0 Å². The third-order valence-electron chi connectivity index (χ3n) is 4.06. The van der Waals surface area contributed by atoms with Crippen molar-refractivity contribution in [2.24, 2.45) is 0 Å². The molecule has 0 aromatic rings. The van der Waals surface area contributed by atoms with Crippen LogP contribution in [0.1, 0.15) is 51.9 Å². The number of ether oxygens (including phenoxy) is 2. The molecule has 0 spiro atoms. The molecule has 140 valence electrons. The zero-order chi connectivity index (χ0) is 17.9. The number of rotatable bonds is 10. The summed E-state index contributed by atoms with van der Waals surface area (Å²) in [5.74, 6) is -0.703. The van der Waals surface area contributed by atoms with Crippen molar-refractivity contribution < 1.29 is 34.7 Å². The van der Waals surface area contributed by atoms with E-state index in [9.17, 15) is 20.1 Å². The van der Waals surface area contributed by atoms with Crippen LogP contribution in [0.3, 0.4) is 0 Å². The first-order chi connectivity index (χ1) is 11.5. The molecule has 0 aromatic carbocycles. The number of unbranched alkanes of at least 4 members (excludes halogenated alkanes) is 6. The van der Waals surface area contributed by atoms with Gasteiger partial charge < -0.3 is 29.9 Å². The molecule has 1 fully saturated rings. The van der Waals surface area contributed by atoms with Crippen molar-refractivity contribution in [1.82, 2.24) is 0 Å². The number of aliphatic hydroxyl groups is 4. The fourth-order valence-electron chi connectivity index (χ4n) is 2.54. The van der Waals surface area contributed by atoms with Crippen molar-refractivity contribution in [3.63, 3.8) is 0 Å². The number of esters is 1. The van der Waals surface area contributed by atoms with Crippen LogP contribution in [0.4, 0.5) is 0 Å². The Morgan fingerprint density at radius 3 is 2.38 bits per heavy atom. The first-order valence-electron chi connectivity index (χ1n) is 8.69. The number of hydrogen-bond acceptors (Lipinski definition) is 7. The minimum absolute atomic E-state index is 0.563. The van der Waals surface area contributed by atoms with E-state index in [1.54, 1.807) is 6.08 Å². The molecule has 0 bridgehead atoms. The highest BCUT2D eigenvalue weighted by Crippen LogP contribution is 2.22. The Labute approximate surface area is 142 Å². The van der Waals surface area contributed by atoms with Crippen molar-refractivity contribution in [1.29, 1.82) is 0 Å². The standard InChI is InChI=1S/C17H30O7/c1-2-3-4-5-6-7-8-9-10-13(19)24-17-16(22)15(21)14(20)12(11-18)23-17/h9-10,12,14-18,20-22H,2-8,11H2,1H3/t12-,14-,15+,16-,17?/m1/s1. The number of aliphatic hydroxyl groups excluding tert-OH is 4. The van der Waals surface area contributed by atoms with Crippen molar-refractivity contribution in [3.8, 4) is 0 Å². The van der Waals surface area contributed by atoms with E-state index in [1.165, 1.54) is 31.8 Å². The van der Waals surface area contributed by atoms with Gasteiger partial charge in [0.15, 0.2) is 0 Å². The van der Waals surface area contributed by atoms with Gasteiger partial charge in [-0.25, -0.2) is 4.79 Å². The molecule has 7 nitrogen and oxygen atoms in total. The molecule has 0 radical (unpaired) electrons. The predicted molar refractivity (Wildman–Crippen MR) is 87.0 cm³/mol. The van der Waals surface area contributed by atoms with E-state index in [4.69, 9.17) is 14.6 Å². The summed E-state index contributed by atoms with van der Waals surface area (Å²) in [6.45, 7) is 1.61. The summed E-state index contributed by atoms with van der Waals surface area (Å²) < 4.78 is 10.0. The van der Waals surface area contributed by atoms with Gasteiger partial charge in [0, 0.05) is 6.08 Å². The summed E-state index contributed by atoms with van der Waals surface area (Å²) >= 11 is 0. The molecule has 1 heterocycles. The van der Waals surface area contributed by atoms with E-state index in [2.05, 4.69) is 6.92 Å². The molecule has 1 saturated heterocycles. The third kappa shape index (κ3) is 6.86. The Kier molecular flexibility index (Phi) is 10.1. The Bertz CT molecular complexity index is 383. The van der Waals surface area contributed by atoms with Crippen LogP contribution in [0.5, 0.6) is 0 Å². The lowest BCUT2D eigenvalue weighted by atomic mass is 9.99. The molecule has 0 aromatic heterocycles. The van der Waals surface area contributed by atoms with Crippen LogP contribution in [0.15, 0.2) is 12.2 Å². The number of allylic oxidation sites excluding steroid dienone is 1. The van der Waals surface area contributed by atoms with E-state index >= 15 is 0 Å². The normalized spacial score (nSPS) is 30.6. The summed E-state index contributed by atoms with van der Waals surface area (Å²) in [5.41, 5.74) is 0. The van der Waals surface area contributed by atoms with Crippen LogP contribution in [-0.4, -0.2) is 63.7 Å². The van der Waals surface area contributed by atoms with Gasteiger partial charge in [-0.1, -0.05) is 45.1 Å². The molecule has 1 rings (SSSR count). The van der Waals surface area contributed by atoms with Crippen molar-refractivity contribution in [2.45, 2.75) is 82.6 Å². The van der Waals surface area contributed by atoms with Crippen molar-refractivity contribution in [2.75, 3.05) is 6.61 Å². The maximum absolute atomic E-state index is 11.7. The molecule has 1 unspecified atom stereocenters. The third-order valence-corrected chi connectivity index (χ3v) is 4.06. The Morgan fingerprint density at radius 2 is 1.71 bits per heavy atom. The maximum Gasteiger partial charge on any atom is 0.332 e. The van der Waals surface area contributed by atoms with Gasteiger partial charge in [0.1, 0.15) is 24.4 Å². The molecule has 1 aliphatic heterocycles. The lowest BCUT2D eigenvalue weighted by Gasteiger charge is -2.38. The summed E-state index contributed by atoms with van der Waals surface area (Å²) in [6.07, 6.45) is 3.61. The fourth-order valence-corrected chi connectivity index (χ4v) is 2.54. The Morgan fingerprint density at radius 1 is 1.04 bits per heavy atom. The summed E-state index contributed by atoms with van der Waals surface area (Å²) in [5, 5.41) is 38.1. The van der Waals surface area contributed by atoms with E-state index in [0.29, 0.717) is 0 Å². The largest absolute Gasteiger partial charge is 0.430 e. The van der Waals surface area contributed by atoms with E-state index in [1.807, 2.05) is 0 Å². The second-order valence-corrected chi connectivity index (χ2v) is 6.09. The average Bonchev–Trinajstić information content (AvgIpc) is 2.57. The monoisotopic (exact) mass is 346 g/mol. The molecule has 24 heavy (non-hydrogen) atoms. The highest BCUT2D eigenvalue weighted by molar-refractivity contribution is 5.82. The van der Waals surface area contributed by atoms with Crippen LogP contribution in [0.25, 0.3) is 0 Å². The molecule has 7 heteroatoms. The lowest BCUT2D eigenvalue weighted by molar-refractivity contribution is -0.291. The van der Waals surface area contributed by atoms with E-state index in [-0.39, 0.29) is 0 Å². The average molecular weight is 346 g/mol. The first-order valence-corrected chi connectivity index (χ1v) is 8.69. The lowest BCUT2D eigenvalue weighted by Crippen LogP contribution is -2.59. The molecular weight excluding hydrogens is 316 g/mol. The Hall–Kier alpha value is -0.990. The van der Waals surface area contributed by atoms with Gasteiger partial charge in [-0.3, -0.25) is 0 Å². The smallest absolute Gasteiger partial charge is 0.332 e. The van der Waals surface area contributed by atoms with Gasteiger partial charge in [0.05, 0.1) is 6.61 Å². The van der Waals surface area contributed by atoms with Gasteiger partial charge in [-0.05, 0) is 12.8 Å². The molecule has 4 N–H and O–H groups in total. The van der Waals surface area contributed by atoms with Crippen molar-refractivity contribution in [3.05, 3.63) is 12.2 Å². The molecule has 0 amide bonds. The van der Waals surface area contributed by atoms with Gasteiger partial charge in [-0.15, -0.1) is 0 Å². The summed E-state index contributed by atoms with van der Waals surface area (Å²) in [4.78, 5) is 11.7. The molecule has 0 aliphatic carbocycles. The van der Waals surface area contributed by atoms with Gasteiger partial charge >= 0.3 is 5.97 Å². The van der Waals surface area contributed by atoms with Crippen LogP contribution in [0, 0.1) is 0 Å². The highest BCUT2D eigenvalue weighted by Gasteiger charge is 2.45. The number of carbonyl (C=O) groups excluding carboxylic acids is 1. The zero-order valence-electron chi connectivity index (χ0n) is 14.2. The van der Waals surface area contributed by atoms with Crippen LogP contribution < -0.4 is 0 Å². The second kappa shape index (κ2) is 11.5. The minimum atomic E-state index is -1.57. The predicted octanol–water partition coefficient (Wildman–Crippen LogP) is 0.636. The summed E-state index contributed by atoms with van der Waals surface area (Å²) in [6, 6.07) is 0. The van der Waals surface area contributed by atoms with Crippen LogP contribution >= 0.6 is 0 Å². The zero-order valence-corrected chi connectivity index (χ0v) is 14.2. The van der Waals surface area contributed by atoms with Crippen LogP contribution in [0.2, 0.25) is 0 Å². The molecule has 0 saturated carbocycles. The van der Waals surface area contributed by atoms with Gasteiger partial charge in [0.25, 0.3) is 0 Å². The van der Waals surface area contributed by atoms with Crippen molar-refractivity contribution >= 4 is 5.97 Å². The quantitative estimate of drug-likeness (QED) is 0.260. The Balaban J connectivity index is 2.29. The SMILES string of the molecule is CCCCCCCCC=CC(=O)OC1O[C@H](CO)[C@@H](O)[C@H](O)[C@H]1O. The number of carbonyl (C=O) groups is 1.